The fourth-order valence-electron chi connectivity index (χ4n) is 3.98. The van der Waals surface area contributed by atoms with Crippen LogP contribution in [0.2, 0.25) is 0 Å². The first-order chi connectivity index (χ1) is 13.2. The third kappa shape index (κ3) is 6.53. The molecular formula is C23H37NO2S. The van der Waals surface area contributed by atoms with Crippen LogP contribution in [0.5, 0.6) is 0 Å². The van der Waals surface area contributed by atoms with Gasteiger partial charge in [-0.05, 0) is 25.9 Å². The van der Waals surface area contributed by atoms with Crippen molar-refractivity contribution >= 4 is 22.9 Å². The average molecular weight is 392 g/mol. The second kappa shape index (κ2) is 12.5. The highest BCUT2D eigenvalue weighted by atomic mass is 32.1. The molecule has 0 spiro atoms. The van der Waals surface area contributed by atoms with Crippen LogP contribution in [0.15, 0.2) is 10.8 Å². The van der Waals surface area contributed by atoms with Crippen LogP contribution >= 0.6 is 11.3 Å². The maximum atomic E-state index is 12.8. The number of hydrogen-bond acceptors (Lipinski definition) is 4. The Morgan fingerprint density at radius 2 is 1.11 bits per heavy atom. The number of rotatable bonds is 15. The first-order valence-electron chi connectivity index (χ1n) is 11.1. The molecule has 1 aliphatic rings. The van der Waals surface area contributed by atoms with Crippen molar-refractivity contribution < 1.29 is 9.59 Å². The van der Waals surface area contributed by atoms with Gasteiger partial charge in [0.2, 0.25) is 0 Å². The molecule has 0 atom stereocenters. The highest BCUT2D eigenvalue weighted by molar-refractivity contribution is 7.08. The van der Waals surface area contributed by atoms with E-state index >= 15 is 0 Å². The van der Waals surface area contributed by atoms with Crippen molar-refractivity contribution in [2.24, 2.45) is 0 Å². The van der Waals surface area contributed by atoms with E-state index in [1.165, 1.54) is 75.5 Å². The van der Waals surface area contributed by atoms with Gasteiger partial charge in [-0.2, -0.15) is 11.3 Å². The quantitative estimate of drug-likeness (QED) is 0.252. The molecule has 0 fully saturated rings. The van der Waals surface area contributed by atoms with Crippen LogP contribution in [0.3, 0.4) is 0 Å². The van der Waals surface area contributed by atoms with E-state index in [1.54, 1.807) is 0 Å². The van der Waals surface area contributed by atoms with Gasteiger partial charge in [-0.15, -0.1) is 0 Å². The fraction of sp³-hybridized carbons (Fsp3) is 0.739. The summed E-state index contributed by atoms with van der Waals surface area (Å²) in [6.07, 6.45) is 14.8. The van der Waals surface area contributed by atoms with Crippen LogP contribution in [0.1, 0.15) is 112 Å². The number of fused-ring (bicyclic) bond motifs is 1. The van der Waals surface area contributed by atoms with Gasteiger partial charge in [0.15, 0.2) is 11.6 Å². The maximum absolute atomic E-state index is 12.8. The predicted molar refractivity (Wildman–Crippen MR) is 115 cm³/mol. The molecule has 1 aliphatic carbocycles. The van der Waals surface area contributed by atoms with E-state index in [1.807, 2.05) is 10.8 Å². The minimum absolute atomic E-state index is 0.0354. The van der Waals surface area contributed by atoms with E-state index in [0.717, 1.165) is 25.9 Å². The molecule has 0 amide bonds. The monoisotopic (exact) mass is 391 g/mol. The number of ketones is 2. The predicted octanol–water partition coefficient (Wildman–Crippen LogP) is 6.52. The van der Waals surface area contributed by atoms with Gasteiger partial charge in [0.25, 0.3) is 0 Å². The molecule has 1 aromatic rings. The van der Waals surface area contributed by atoms with Gasteiger partial charge in [0.05, 0.1) is 0 Å². The first-order valence-corrected chi connectivity index (χ1v) is 12.0. The van der Waals surface area contributed by atoms with Gasteiger partial charge in [0, 0.05) is 21.9 Å². The molecule has 152 valence electrons. The smallest absolute Gasteiger partial charge is 0.189 e. The molecular weight excluding hydrogens is 354 g/mol. The average Bonchev–Trinajstić information content (AvgIpc) is 3.24. The molecule has 0 aromatic carbocycles. The fourth-order valence-corrected chi connectivity index (χ4v) is 4.81. The molecule has 27 heavy (non-hydrogen) atoms. The van der Waals surface area contributed by atoms with Crippen LogP contribution < -0.4 is 0 Å². The Hall–Kier alpha value is -1.00. The molecule has 0 saturated carbocycles. The highest BCUT2D eigenvalue weighted by Gasteiger charge is 2.42. The van der Waals surface area contributed by atoms with Crippen molar-refractivity contribution in [3.8, 4) is 0 Å². The maximum Gasteiger partial charge on any atom is 0.189 e. The summed E-state index contributed by atoms with van der Waals surface area (Å²) in [6.45, 7) is 6.21. The van der Waals surface area contributed by atoms with Crippen LogP contribution in [-0.4, -0.2) is 35.6 Å². The molecule has 2 rings (SSSR count). The lowest BCUT2D eigenvalue weighted by Gasteiger charge is -2.27. The summed E-state index contributed by atoms with van der Waals surface area (Å²) < 4.78 is 0. The van der Waals surface area contributed by atoms with Gasteiger partial charge >= 0.3 is 0 Å². The first kappa shape index (κ1) is 22.3. The summed E-state index contributed by atoms with van der Waals surface area (Å²) in [5, 5.41) is 3.70. The lowest BCUT2D eigenvalue weighted by molar-refractivity contribution is 0.0723. The summed E-state index contributed by atoms with van der Waals surface area (Å²) in [7, 11) is 0. The summed E-state index contributed by atoms with van der Waals surface area (Å²) in [5.74, 6) is 0.0708. The van der Waals surface area contributed by atoms with E-state index < -0.39 is 6.04 Å². The Morgan fingerprint density at radius 1 is 0.704 bits per heavy atom. The van der Waals surface area contributed by atoms with Gasteiger partial charge in [-0.3, -0.25) is 14.5 Å². The lowest BCUT2D eigenvalue weighted by atomic mass is 10.1. The lowest BCUT2D eigenvalue weighted by Crippen LogP contribution is -2.44. The van der Waals surface area contributed by atoms with Crippen molar-refractivity contribution in [3.63, 3.8) is 0 Å². The standard InChI is InChI=1S/C23H37NO2S/c1-3-5-7-9-11-13-15-24(16-14-12-10-8-6-4-2)21-22(25)19-17-27-18-20(19)23(21)26/h17-18,21H,3-16H2,1-2H3. The number of nitrogens with zero attached hydrogens (tertiary/aromatic N) is 1. The Kier molecular flexibility index (Phi) is 10.3. The summed E-state index contributed by atoms with van der Waals surface area (Å²) >= 11 is 1.46. The third-order valence-corrected chi connectivity index (χ3v) is 6.40. The normalized spacial score (nSPS) is 14.5. The molecule has 0 bridgehead atoms. The van der Waals surface area contributed by atoms with Crippen molar-refractivity contribution in [1.82, 2.24) is 4.90 Å². The van der Waals surface area contributed by atoms with Gasteiger partial charge < -0.3 is 0 Å². The van der Waals surface area contributed by atoms with Crippen molar-refractivity contribution in [2.75, 3.05) is 13.1 Å². The molecule has 0 radical (unpaired) electrons. The summed E-state index contributed by atoms with van der Waals surface area (Å²) in [6, 6.07) is -0.547. The summed E-state index contributed by atoms with van der Waals surface area (Å²) in [4.78, 5) is 27.8. The zero-order valence-electron chi connectivity index (χ0n) is 17.3. The van der Waals surface area contributed by atoms with Crippen LogP contribution in [0.4, 0.5) is 0 Å². The number of carbonyl (C=O) groups is 2. The molecule has 4 heteroatoms. The number of Topliss-reactive ketones (excluding diaryl/α,β-unsaturated/α-hetero) is 2. The largest absolute Gasteiger partial charge is 0.292 e. The molecule has 0 saturated heterocycles. The number of unbranched alkanes of at least 4 members (excludes halogenated alkanes) is 10. The number of carbonyl (C=O) groups excluding carboxylic acids is 2. The molecule has 0 aliphatic heterocycles. The molecule has 0 N–H and O–H groups in total. The van der Waals surface area contributed by atoms with E-state index in [0.29, 0.717) is 11.1 Å². The van der Waals surface area contributed by atoms with Crippen LogP contribution in [-0.2, 0) is 0 Å². The van der Waals surface area contributed by atoms with Crippen molar-refractivity contribution in [3.05, 3.63) is 21.9 Å². The zero-order chi connectivity index (χ0) is 19.5. The highest BCUT2D eigenvalue weighted by Crippen LogP contribution is 2.29. The Labute approximate surface area is 169 Å². The Balaban J connectivity index is 1.86. The number of thiophene rings is 1. The minimum Gasteiger partial charge on any atom is -0.292 e. The molecule has 1 heterocycles. The van der Waals surface area contributed by atoms with E-state index in [-0.39, 0.29) is 11.6 Å². The number of hydrogen-bond donors (Lipinski definition) is 0. The second-order valence-electron chi connectivity index (χ2n) is 7.90. The second-order valence-corrected chi connectivity index (χ2v) is 8.65. The summed E-state index contributed by atoms with van der Waals surface area (Å²) in [5.41, 5.74) is 1.32. The Morgan fingerprint density at radius 3 is 1.56 bits per heavy atom. The van der Waals surface area contributed by atoms with Gasteiger partial charge in [-0.25, -0.2) is 0 Å². The Bertz CT molecular complexity index is 534. The topological polar surface area (TPSA) is 37.4 Å². The molecule has 0 unspecified atom stereocenters. The third-order valence-electron chi connectivity index (χ3n) is 5.65. The van der Waals surface area contributed by atoms with Gasteiger partial charge in [-0.1, -0.05) is 78.1 Å². The van der Waals surface area contributed by atoms with Crippen molar-refractivity contribution in [1.29, 1.82) is 0 Å². The molecule has 3 nitrogen and oxygen atoms in total. The van der Waals surface area contributed by atoms with Crippen molar-refractivity contribution in [2.45, 2.75) is 96.9 Å². The van der Waals surface area contributed by atoms with E-state index in [2.05, 4.69) is 18.7 Å². The SMILES string of the molecule is CCCCCCCCN(CCCCCCCC)C1C(=O)c2cscc2C1=O. The minimum atomic E-state index is -0.547. The van der Waals surface area contributed by atoms with Crippen LogP contribution in [0, 0.1) is 0 Å². The van der Waals surface area contributed by atoms with E-state index in [4.69, 9.17) is 0 Å². The van der Waals surface area contributed by atoms with Crippen LogP contribution in [0.25, 0.3) is 0 Å². The zero-order valence-corrected chi connectivity index (χ0v) is 18.1. The molecule has 1 aromatic heterocycles. The van der Waals surface area contributed by atoms with E-state index in [9.17, 15) is 9.59 Å². The van der Waals surface area contributed by atoms with Gasteiger partial charge in [0.1, 0.15) is 6.04 Å².